The second kappa shape index (κ2) is 10.4. The minimum atomic E-state index is 0.294. The lowest BCUT2D eigenvalue weighted by atomic mass is 10.1. The maximum absolute atomic E-state index is 5.74. The van der Waals surface area contributed by atoms with Crippen LogP contribution < -0.4 is 24.8 Å². The van der Waals surface area contributed by atoms with Gasteiger partial charge < -0.3 is 29.6 Å². The molecule has 0 fully saturated rings. The Bertz CT molecular complexity index is 795. The summed E-state index contributed by atoms with van der Waals surface area (Å²) in [5, 5.41) is 6.61. The van der Waals surface area contributed by atoms with E-state index in [0.29, 0.717) is 26.0 Å². The van der Waals surface area contributed by atoms with E-state index in [0.717, 1.165) is 42.3 Å². The van der Waals surface area contributed by atoms with Gasteiger partial charge in [-0.2, -0.15) is 0 Å². The van der Waals surface area contributed by atoms with E-state index in [4.69, 9.17) is 18.9 Å². The standard InChI is InChI=1S/C21H27N3O4/c1-22-21(23-10-9-16-7-8-19-20(13-16)28-15-27-19)24-17-5-3-6-18(14-17)26-12-4-11-25-2/h3,5-8,13-14H,4,9-12,15H2,1-2H3,(H2,22,23,24). The Morgan fingerprint density at radius 2 is 2.00 bits per heavy atom. The molecule has 1 aliphatic heterocycles. The molecule has 7 heteroatoms. The molecule has 0 saturated heterocycles. The third-order valence-electron chi connectivity index (χ3n) is 4.23. The van der Waals surface area contributed by atoms with E-state index in [-0.39, 0.29) is 0 Å². The predicted octanol–water partition coefficient (Wildman–Crippen LogP) is 3.06. The maximum Gasteiger partial charge on any atom is 0.231 e. The summed E-state index contributed by atoms with van der Waals surface area (Å²) in [6, 6.07) is 13.8. The van der Waals surface area contributed by atoms with Crippen molar-refractivity contribution in [2.24, 2.45) is 4.99 Å². The molecule has 0 aliphatic carbocycles. The van der Waals surface area contributed by atoms with E-state index >= 15 is 0 Å². The smallest absolute Gasteiger partial charge is 0.231 e. The monoisotopic (exact) mass is 385 g/mol. The van der Waals surface area contributed by atoms with Crippen LogP contribution in [-0.4, -0.2) is 46.7 Å². The van der Waals surface area contributed by atoms with Gasteiger partial charge >= 0.3 is 0 Å². The fourth-order valence-corrected chi connectivity index (χ4v) is 2.79. The summed E-state index contributed by atoms with van der Waals surface area (Å²) in [5.74, 6) is 3.13. The number of benzene rings is 2. The molecular formula is C21H27N3O4. The van der Waals surface area contributed by atoms with Crippen molar-refractivity contribution in [3.05, 3.63) is 48.0 Å². The zero-order valence-electron chi connectivity index (χ0n) is 16.4. The van der Waals surface area contributed by atoms with Crippen LogP contribution in [0.4, 0.5) is 5.69 Å². The topological polar surface area (TPSA) is 73.3 Å². The molecule has 7 nitrogen and oxygen atoms in total. The molecule has 0 aromatic heterocycles. The number of nitrogens with one attached hydrogen (secondary N) is 2. The van der Waals surface area contributed by atoms with Gasteiger partial charge in [0.05, 0.1) is 6.61 Å². The molecule has 0 unspecified atom stereocenters. The Morgan fingerprint density at radius 1 is 1.11 bits per heavy atom. The van der Waals surface area contributed by atoms with Crippen LogP contribution in [0.5, 0.6) is 17.2 Å². The van der Waals surface area contributed by atoms with Crippen LogP contribution in [0.3, 0.4) is 0 Å². The highest BCUT2D eigenvalue weighted by Gasteiger charge is 2.13. The van der Waals surface area contributed by atoms with Crippen molar-refractivity contribution in [3.63, 3.8) is 0 Å². The average Bonchev–Trinajstić information content (AvgIpc) is 3.19. The number of nitrogens with zero attached hydrogens (tertiary/aromatic N) is 1. The lowest BCUT2D eigenvalue weighted by Gasteiger charge is -2.13. The summed E-state index contributed by atoms with van der Waals surface area (Å²) < 4.78 is 21.5. The first-order valence-electron chi connectivity index (χ1n) is 9.36. The Labute approximate surface area is 165 Å². The molecule has 0 radical (unpaired) electrons. The molecular weight excluding hydrogens is 358 g/mol. The summed E-state index contributed by atoms with van der Waals surface area (Å²) in [5.41, 5.74) is 2.10. The van der Waals surface area contributed by atoms with Crippen LogP contribution >= 0.6 is 0 Å². The number of rotatable bonds is 9. The van der Waals surface area contributed by atoms with Gasteiger partial charge in [-0.05, 0) is 36.2 Å². The van der Waals surface area contributed by atoms with Crippen LogP contribution in [0, 0.1) is 0 Å². The number of fused-ring (bicyclic) bond motifs is 1. The van der Waals surface area contributed by atoms with Crippen molar-refractivity contribution in [3.8, 4) is 17.2 Å². The number of aliphatic imine (C=N–C) groups is 1. The Balaban J connectivity index is 1.46. The van der Waals surface area contributed by atoms with Crippen molar-refractivity contribution in [1.82, 2.24) is 5.32 Å². The van der Waals surface area contributed by atoms with Crippen LogP contribution in [0.25, 0.3) is 0 Å². The molecule has 0 atom stereocenters. The minimum Gasteiger partial charge on any atom is -0.493 e. The fourth-order valence-electron chi connectivity index (χ4n) is 2.79. The zero-order chi connectivity index (χ0) is 19.6. The van der Waals surface area contributed by atoms with E-state index in [2.05, 4.69) is 21.7 Å². The van der Waals surface area contributed by atoms with Gasteiger partial charge in [-0.1, -0.05) is 12.1 Å². The lowest BCUT2D eigenvalue weighted by molar-refractivity contribution is 0.172. The molecule has 2 aromatic carbocycles. The number of hydrogen-bond acceptors (Lipinski definition) is 5. The molecule has 2 N–H and O–H groups in total. The second-order valence-electron chi connectivity index (χ2n) is 6.28. The van der Waals surface area contributed by atoms with Crippen molar-refractivity contribution in [2.45, 2.75) is 12.8 Å². The van der Waals surface area contributed by atoms with Crippen LogP contribution in [-0.2, 0) is 11.2 Å². The van der Waals surface area contributed by atoms with Crippen molar-refractivity contribution in [1.29, 1.82) is 0 Å². The van der Waals surface area contributed by atoms with Gasteiger partial charge in [0.1, 0.15) is 5.75 Å². The number of hydrogen-bond donors (Lipinski definition) is 2. The third-order valence-corrected chi connectivity index (χ3v) is 4.23. The number of ether oxygens (including phenoxy) is 4. The van der Waals surface area contributed by atoms with E-state index in [1.54, 1.807) is 14.2 Å². The molecule has 0 spiro atoms. The first-order chi connectivity index (χ1) is 13.8. The van der Waals surface area contributed by atoms with Crippen molar-refractivity contribution < 1.29 is 18.9 Å². The number of guanidine groups is 1. The summed E-state index contributed by atoms with van der Waals surface area (Å²) in [7, 11) is 3.44. The molecule has 0 bridgehead atoms. The normalized spacial score (nSPS) is 12.7. The summed E-state index contributed by atoms with van der Waals surface area (Å²) in [4.78, 5) is 4.28. The summed E-state index contributed by atoms with van der Waals surface area (Å²) >= 11 is 0. The van der Waals surface area contributed by atoms with Gasteiger partial charge in [0.25, 0.3) is 0 Å². The second-order valence-corrected chi connectivity index (χ2v) is 6.28. The largest absolute Gasteiger partial charge is 0.493 e. The summed E-state index contributed by atoms with van der Waals surface area (Å²) in [6.07, 6.45) is 1.71. The highest BCUT2D eigenvalue weighted by Crippen LogP contribution is 2.32. The Morgan fingerprint density at radius 3 is 2.86 bits per heavy atom. The highest BCUT2D eigenvalue weighted by molar-refractivity contribution is 5.93. The maximum atomic E-state index is 5.74. The molecule has 3 rings (SSSR count). The fraction of sp³-hybridized carbons (Fsp3) is 0.381. The highest BCUT2D eigenvalue weighted by atomic mass is 16.7. The lowest BCUT2D eigenvalue weighted by Crippen LogP contribution is -2.32. The zero-order valence-corrected chi connectivity index (χ0v) is 16.4. The van der Waals surface area contributed by atoms with Gasteiger partial charge in [-0.25, -0.2) is 0 Å². The molecule has 0 saturated carbocycles. The quantitative estimate of drug-likeness (QED) is 0.393. The molecule has 150 valence electrons. The molecule has 2 aromatic rings. The van der Waals surface area contributed by atoms with E-state index < -0.39 is 0 Å². The number of methoxy groups -OCH3 is 1. The predicted molar refractivity (Wildman–Crippen MR) is 110 cm³/mol. The Kier molecular flexibility index (Phi) is 7.37. The first-order valence-corrected chi connectivity index (χ1v) is 9.36. The summed E-state index contributed by atoms with van der Waals surface area (Å²) in [6.45, 7) is 2.35. The van der Waals surface area contributed by atoms with Crippen molar-refractivity contribution in [2.75, 3.05) is 46.0 Å². The SMILES string of the molecule is CN=C(NCCc1ccc2c(c1)OCO2)Nc1cccc(OCCCOC)c1. The molecule has 0 amide bonds. The first kappa shape index (κ1) is 19.8. The van der Waals surface area contributed by atoms with Crippen LogP contribution in [0.2, 0.25) is 0 Å². The van der Waals surface area contributed by atoms with Crippen LogP contribution in [0.1, 0.15) is 12.0 Å². The molecule has 1 aliphatic rings. The van der Waals surface area contributed by atoms with E-state index in [1.807, 2.05) is 36.4 Å². The molecule has 1 heterocycles. The van der Waals surface area contributed by atoms with E-state index in [9.17, 15) is 0 Å². The van der Waals surface area contributed by atoms with Gasteiger partial charge in [0.15, 0.2) is 17.5 Å². The van der Waals surface area contributed by atoms with Crippen LogP contribution in [0.15, 0.2) is 47.5 Å². The average molecular weight is 385 g/mol. The van der Waals surface area contributed by atoms with Gasteiger partial charge in [-0.3, -0.25) is 4.99 Å². The van der Waals surface area contributed by atoms with Crippen molar-refractivity contribution >= 4 is 11.6 Å². The molecule has 28 heavy (non-hydrogen) atoms. The Hall–Kier alpha value is -2.93. The minimum absolute atomic E-state index is 0.294. The van der Waals surface area contributed by atoms with Gasteiger partial charge in [0.2, 0.25) is 6.79 Å². The van der Waals surface area contributed by atoms with Gasteiger partial charge in [-0.15, -0.1) is 0 Å². The van der Waals surface area contributed by atoms with E-state index in [1.165, 1.54) is 5.56 Å². The van der Waals surface area contributed by atoms with Gasteiger partial charge in [0, 0.05) is 45.5 Å². The number of anilines is 1. The third kappa shape index (κ3) is 5.79.